The zero-order valence-electron chi connectivity index (χ0n) is 18.0. The van der Waals surface area contributed by atoms with Crippen LogP contribution in [0.3, 0.4) is 0 Å². The van der Waals surface area contributed by atoms with Gasteiger partial charge in [-0.25, -0.2) is 0 Å². The highest BCUT2D eigenvalue weighted by Crippen LogP contribution is 2.61. The molecule has 11 atom stereocenters. The summed E-state index contributed by atoms with van der Waals surface area (Å²) in [5.74, 6) is 1.68. The maximum absolute atomic E-state index is 10.3. The summed E-state index contributed by atoms with van der Waals surface area (Å²) in [6.07, 6.45) is -5.82. The molecular formula is C21H36O10. The molecule has 0 spiro atoms. The number of aliphatic hydroxyl groups is 6. The van der Waals surface area contributed by atoms with Crippen LogP contribution in [0, 0.1) is 23.2 Å². The Bertz CT molecular complexity index is 629. The van der Waals surface area contributed by atoms with E-state index < -0.39 is 55.3 Å². The number of hydrogen-bond acceptors (Lipinski definition) is 10. The zero-order valence-corrected chi connectivity index (χ0v) is 18.0. The fourth-order valence-electron chi connectivity index (χ4n) is 5.70. The van der Waals surface area contributed by atoms with Crippen molar-refractivity contribution in [2.75, 3.05) is 26.4 Å². The molecule has 3 saturated carbocycles. The number of ether oxygens (including phenoxy) is 4. The van der Waals surface area contributed by atoms with Gasteiger partial charge in [0.15, 0.2) is 12.6 Å². The van der Waals surface area contributed by atoms with Gasteiger partial charge in [0, 0.05) is 0 Å². The zero-order chi connectivity index (χ0) is 22.6. The Labute approximate surface area is 181 Å². The van der Waals surface area contributed by atoms with E-state index in [0.717, 1.165) is 18.8 Å². The summed E-state index contributed by atoms with van der Waals surface area (Å²) < 4.78 is 22.1. The Morgan fingerprint density at radius 2 is 1.65 bits per heavy atom. The van der Waals surface area contributed by atoms with Gasteiger partial charge in [0.05, 0.1) is 26.4 Å². The van der Waals surface area contributed by atoms with Crippen molar-refractivity contribution < 1.29 is 49.6 Å². The Balaban J connectivity index is 1.31. The van der Waals surface area contributed by atoms with Crippen molar-refractivity contribution in [3.8, 4) is 0 Å². The number of hydrogen-bond donors (Lipinski definition) is 6. The second kappa shape index (κ2) is 8.75. The molecule has 10 heteroatoms. The van der Waals surface area contributed by atoms with E-state index in [1.807, 2.05) is 0 Å². The first kappa shape index (κ1) is 23.7. The topological polar surface area (TPSA) is 158 Å². The van der Waals surface area contributed by atoms with Gasteiger partial charge >= 0.3 is 0 Å². The molecule has 5 rings (SSSR count). The van der Waals surface area contributed by atoms with Crippen LogP contribution in [0.1, 0.15) is 33.1 Å². The van der Waals surface area contributed by atoms with Crippen molar-refractivity contribution in [2.45, 2.75) is 81.8 Å². The van der Waals surface area contributed by atoms with Crippen LogP contribution in [0.4, 0.5) is 0 Å². The molecule has 3 aliphatic carbocycles. The van der Waals surface area contributed by atoms with Gasteiger partial charge in [-0.15, -0.1) is 0 Å². The maximum Gasteiger partial charge on any atom is 0.186 e. The molecule has 5 fully saturated rings. The van der Waals surface area contributed by atoms with Gasteiger partial charge < -0.3 is 49.6 Å². The first-order valence-corrected chi connectivity index (χ1v) is 11.1. The monoisotopic (exact) mass is 448 g/mol. The third-order valence-electron chi connectivity index (χ3n) is 8.15. The number of aliphatic hydroxyl groups excluding tert-OH is 5. The third kappa shape index (κ3) is 4.16. The lowest BCUT2D eigenvalue weighted by atomic mass is 9.46. The van der Waals surface area contributed by atoms with E-state index in [0.29, 0.717) is 23.9 Å². The molecule has 5 aliphatic rings. The van der Waals surface area contributed by atoms with Crippen LogP contribution in [0.25, 0.3) is 0 Å². The van der Waals surface area contributed by atoms with E-state index in [-0.39, 0.29) is 13.2 Å². The molecule has 0 aromatic rings. The average Bonchev–Trinajstić information content (AvgIpc) is 3.05. The van der Waals surface area contributed by atoms with Gasteiger partial charge in [-0.05, 0) is 42.4 Å². The molecule has 180 valence electrons. The largest absolute Gasteiger partial charge is 0.393 e. The van der Waals surface area contributed by atoms with Crippen molar-refractivity contribution in [3.05, 3.63) is 0 Å². The molecular weight excluding hydrogens is 412 g/mol. The molecule has 10 nitrogen and oxygen atoms in total. The van der Waals surface area contributed by atoms with Crippen molar-refractivity contribution in [3.63, 3.8) is 0 Å². The molecule has 2 heterocycles. The van der Waals surface area contributed by atoms with Crippen LogP contribution < -0.4 is 0 Å². The quantitative estimate of drug-likeness (QED) is 0.266. The molecule has 6 N–H and O–H groups in total. The lowest BCUT2D eigenvalue weighted by Crippen LogP contribution is -2.60. The minimum atomic E-state index is -1.83. The normalized spacial score (nSPS) is 51.5. The van der Waals surface area contributed by atoms with E-state index in [1.165, 1.54) is 6.42 Å². The van der Waals surface area contributed by atoms with Gasteiger partial charge in [-0.3, -0.25) is 0 Å². The van der Waals surface area contributed by atoms with Gasteiger partial charge in [0.2, 0.25) is 0 Å². The van der Waals surface area contributed by atoms with Crippen LogP contribution in [0.2, 0.25) is 0 Å². The van der Waals surface area contributed by atoms with E-state index in [9.17, 15) is 30.6 Å². The maximum atomic E-state index is 10.3. The summed E-state index contributed by atoms with van der Waals surface area (Å²) in [6, 6.07) is 0. The van der Waals surface area contributed by atoms with Gasteiger partial charge in [0.1, 0.15) is 36.1 Å². The highest BCUT2D eigenvalue weighted by Gasteiger charge is 2.55. The summed E-state index contributed by atoms with van der Waals surface area (Å²) in [4.78, 5) is 0. The van der Waals surface area contributed by atoms with E-state index >= 15 is 0 Å². The van der Waals surface area contributed by atoms with Crippen molar-refractivity contribution in [2.24, 2.45) is 23.2 Å². The van der Waals surface area contributed by atoms with Gasteiger partial charge in [-0.2, -0.15) is 0 Å². The predicted molar refractivity (Wildman–Crippen MR) is 104 cm³/mol. The Hall–Kier alpha value is -0.400. The lowest BCUT2D eigenvalue weighted by molar-refractivity contribution is -0.314. The first-order valence-electron chi connectivity index (χ1n) is 11.1. The van der Waals surface area contributed by atoms with Crippen molar-refractivity contribution >= 4 is 0 Å². The Morgan fingerprint density at radius 3 is 2.26 bits per heavy atom. The minimum Gasteiger partial charge on any atom is -0.393 e. The van der Waals surface area contributed by atoms with Crippen molar-refractivity contribution in [1.82, 2.24) is 0 Å². The van der Waals surface area contributed by atoms with Crippen LogP contribution in [0.5, 0.6) is 0 Å². The first-order chi connectivity index (χ1) is 14.6. The van der Waals surface area contributed by atoms with E-state index in [1.54, 1.807) is 0 Å². The molecule has 0 amide bonds. The van der Waals surface area contributed by atoms with E-state index in [4.69, 9.17) is 18.9 Å². The predicted octanol–water partition coefficient (Wildman–Crippen LogP) is -1.66. The summed E-state index contributed by atoms with van der Waals surface area (Å²) >= 11 is 0. The Morgan fingerprint density at radius 1 is 0.935 bits per heavy atom. The fourth-order valence-corrected chi connectivity index (χ4v) is 5.70. The van der Waals surface area contributed by atoms with Gasteiger partial charge in [-0.1, -0.05) is 13.8 Å². The van der Waals surface area contributed by atoms with Crippen LogP contribution in [-0.4, -0.2) is 106 Å². The third-order valence-corrected chi connectivity index (χ3v) is 8.15. The standard InChI is InChI=1S/C21H36O10/c1-20(2)11-4-3-10(12(20)5-11)6-28-18-16(25)15(24)14(23)13(31-18)7-29-19-17(26)21(27,8-22)9-30-19/h10-19,22-27H,3-9H2,1-2H3/t10?,11?,12?,13-,14-,15+,16-,17+,18-,19-,21-/m1/s1. The molecule has 2 aliphatic heterocycles. The highest BCUT2D eigenvalue weighted by molar-refractivity contribution is 5.03. The lowest BCUT2D eigenvalue weighted by Gasteiger charge is -2.60. The summed E-state index contributed by atoms with van der Waals surface area (Å²) in [7, 11) is 0. The average molecular weight is 449 g/mol. The summed E-state index contributed by atoms with van der Waals surface area (Å²) in [5, 5.41) is 60.2. The molecule has 0 aromatic heterocycles. The second-order valence-electron chi connectivity index (χ2n) is 10.3. The van der Waals surface area contributed by atoms with Crippen LogP contribution >= 0.6 is 0 Å². The SMILES string of the molecule is CC1(C)C2CCC(CO[C@@H]3O[C@H](CO[C@@H]4OC[C@](O)(CO)[C@H]4O)[C@@H](O)[C@H](O)[C@H]3O)C1C2. The number of rotatable bonds is 7. The van der Waals surface area contributed by atoms with Crippen LogP contribution in [0.15, 0.2) is 0 Å². The van der Waals surface area contributed by atoms with Crippen molar-refractivity contribution in [1.29, 1.82) is 0 Å². The molecule has 31 heavy (non-hydrogen) atoms. The summed E-state index contributed by atoms with van der Waals surface area (Å²) in [5.41, 5.74) is -1.53. The Kier molecular flexibility index (Phi) is 6.70. The molecule has 2 bridgehead atoms. The highest BCUT2D eigenvalue weighted by atomic mass is 16.7. The van der Waals surface area contributed by atoms with Crippen LogP contribution in [-0.2, 0) is 18.9 Å². The minimum absolute atomic E-state index is 0.283. The smallest absolute Gasteiger partial charge is 0.186 e. The molecule has 3 unspecified atom stereocenters. The molecule has 2 saturated heterocycles. The second-order valence-corrected chi connectivity index (χ2v) is 10.3. The molecule has 0 radical (unpaired) electrons. The van der Waals surface area contributed by atoms with E-state index in [2.05, 4.69) is 13.8 Å². The number of fused-ring (bicyclic) bond motifs is 2. The fraction of sp³-hybridized carbons (Fsp3) is 1.00. The molecule has 0 aromatic carbocycles. The van der Waals surface area contributed by atoms with Gasteiger partial charge in [0.25, 0.3) is 0 Å². The summed E-state index contributed by atoms with van der Waals surface area (Å²) in [6.45, 7) is 3.68.